The molecule has 0 radical (unpaired) electrons. The van der Waals surface area contributed by atoms with Gasteiger partial charge in [-0.05, 0) is 67.1 Å². The molecular formula is C23H27F2NO2. The molecule has 0 spiro atoms. The smallest absolute Gasteiger partial charge is 0.165 e. The summed E-state index contributed by atoms with van der Waals surface area (Å²) < 4.78 is 31.9. The summed E-state index contributed by atoms with van der Waals surface area (Å²) in [5.74, 6) is -0.248. The lowest BCUT2D eigenvalue weighted by Gasteiger charge is -2.08. The molecule has 0 aliphatic heterocycles. The topological polar surface area (TPSA) is 38.7 Å². The molecule has 0 aliphatic rings. The largest absolute Gasteiger partial charge is 0.494 e. The van der Waals surface area contributed by atoms with Crippen LogP contribution in [0.4, 0.5) is 8.78 Å². The first-order valence-corrected chi connectivity index (χ1v) is 9.59. The van der Waals surface area contributed by atoms with Gasteiger partial charge in [-0.2, -0.15) is 0 Å². The monoisotopic (exact) mass is 387 g/mol. The quantitative estimate of drug-likeness (QED) is 0.375. The first-order chi connectivity index (χ1) is 13.5. The van der Waals surface area contributed by atoms with Gasteiger partial charge in [-0.3, -0.25) is 9.79 Å². The van der Waals surface area contributed by atoms with Crippen molar-refractivity contribution in [3.05, 3.63) is 65.2 Å². The van der Waals surface area contributed by atoms with E-state index in [4.69, 9.17) is 4.74 Å². The maximum Gasteiger partial charge on any atom is 0.165 e. The van der Waals surface area contributed by atoms with Gasteiger partial charge in [0.05, 0.1) is 7.11 Å². The Morgan fingerprint density at radius 3 is 2.46 bits per heavy atom. The van der Waals surface area contributed by atoms with Crippen molar-refractivity contribution in [2.75, 3.05) is 14.2 Å². The van der Waals surface area contributed by atoms with Gasteiger partial charge in [0.15, 0.2) is 11.6 Å². The molecule has 0 atom stereocenters. The summed E-state index contributed by atoms with van der Waals surface area (Å²) in [6, 6.07) is 11.2. The van der Waals surface area contributed by atoms with Crippen molar-refractivity contribution in [3.8, 4) is 5.75 Å². The van der Waals surface area contributed by atoms with Gasteiger partial charge in [0, 0.05) is 25.6 Å². The van der Waals surface area contributed by atoms with Crippen molar-refractivity contribution in [1.82, 2.24) is 0 Å². The van der Waals surface area contributed by atoms with Gasteiger partial charge in [0.25, 0.3) is 0 Å². The van der Waals surface area contributed by atoms with Crippen molar-refractivity contribution in [2.45, 2.75) is 44.9 Å². The summed E-state index contributed by atoms with van der Waals surface area (Å²) in [6.07, 6.45) is 4.89. The molecule has 0 amide bonds. The molecule has 0 saturated heterocycles. The molecule has 0 fully saturated rings. The molecule has 0 saturated carbocycles. The van der Waals surface area contributed by atoms with Gasteiger partial charge in [0.2, 0.25) is 0 Å². The minimum atomic E-state index is -0.398. The molecule has 0 bridgehead atoms. The maximum absolute atomic E-state index is 13.9. The average molecular weight is 387 g/mol. The lowest BCUT2D eigenvalue weighted by molar-refractivity contribution is -0.119. The van der Waals surface area contributed by atoms with Crippen molar-refractivity contribution in [1.29, 1.82) is 0 Å². The summed E-state index contributed by atoms with van der Waals surface area (Å²) in [5.41, 5.74) is 2.45. The number of methoxy groups -OCH3 is 1. The fourth-order valence-corrected chi connectivity index (χ4v) is 3.12. The van der Waals surface area contributed by atoms with Gasteiger partial charge in [-0.25, -0.2) is 8.78 Å². The van der Waals surface area contributed by atoms with Gasteiger partial charge < -0.3 is 4.74 Å². The molecule has 3 nitrogen and oxygen atoms in total. The molecule has 2 rings (SSSR count). The Kier molecular flexibility index (Phi) is 8.79. The Morgan fingerprint density at radius 1 is 1.00 bits per heavy atom. The van der Waals surface area contributed by atoms with Crippen molar-refractivity contribution < 1.29 is 18.3 Å². The van der Waals surface area contributed by atoms with E-state index in [0.717, 1.165) is 42.5 Å². The Bertz CT molecular complexity index is 818. The Balaban J connectivity index is 1.68. The van der Waals surface area contributed by atoms with Crippen molar-refractivity contribution in [3.63, 3.8) is 0 Å². The van der Waals surface area contributed by atoms with Crippen LogP contribution in [-0.4, -0.2) is 25.7 Å². The zero-order valence-electron chi connectivity index (χ0n) is 16.5. The van der Waals surface area contributed by atoms with Crippen LogP contribution in [0.1, 0.15) is 49.7 Å². The fourth-order valence-electron chi connectivity index (χ4n) is 3.12. The van der Waals surface area contributed by atoms with Gasteiger partial charge in [-0.15, -0.1) is 0 Å². The first kappa shape index (κ1) is 21.7. The number of carbonyl (C=O) groups is 1. The number of unbranched alkanes of at least 4 members (excludes halogenated alkanes) is 2. The van der Waals surface area contributed by atoms with E-state index in [0.29, 0.717) is 19.3 Å². The highest BCUT2D eigenvalue weighted by Gasteiger charge is 2.09. The van der Waals surface area contributed by atoms with E-state index in [-0.39, 0.29) is 17.3 Å². The highest BCUT2D eigenvalue weighted by molar-refractivity contribution is 6.00. The van der Waals surface area contributed by atoms with Crippen LogP contribution in [-0.2, 0) is 11.2 Å². The highest BCUT2D eigenvalue weighted by atomic mass is 19.1. The predicted octanol–water partition coefficient (Wildman–Crippen LogP) is 5.54. The van der Waals surface area contributed by atoms with E-state index >= 15 is 0 Å². The van der Waals surface area contributed by atoms with Crippen LogP contribution in [0.5, 0.6) is 5.75 Å². The third-order valence-corrected chi connectivity index (χ3v) is 4.71. The number of benzene rings is 2. The Labute approximate surface area is 165 Å². The molecule has 28 heavy (non-hydrogen) atoms. The zero-order valence-corrected chi connectivity index (χ0v) is 16.5. The number of ketones is 1. The predicted molar refractivity (Wildman–Crippen MR) is 108 cm³/mol. The van der Waals surface area contributed by atoms with Crippen LogP contribution >= 0.6 is 0 Å². The standard InChI is InChI=1S/C23H27F2NO2/c1-26-22(18-12-14-23(28-2)21(25)16-18)10-5-3-4-9-20(27)13-11-17-7-6-8-19(24)15-17/h6-8,12,14-16H,3-5,9-11,13H2,1-2H3. The summed E-state index contributed by atoms with van der Waals surface area (Å²) in [4.78, 5) is 16.3. The highest BCUT2D eigenvalue weighted by Crippen LogP contribution is 2.20. The number of ether oxygens (including phenoxy) is 1. The number of carbonyl (C=O) groups excluding carboxylic acids is 1. The molecular weight excluding hydrogens is 360 g/mol. The van der Waals surface area contributed by atoms with E-state index in [9.17, 15) is 13.6 Å². The summed E-state index contributed by atoms with van der Waals surface area (Å²) in [5, 5.41) is 0. The summed E-state index contributed by atoms with van der Waals surface area (Å²) in [6.45, 7) is 0. The lowest BCUT2D eigenvalue weighted by atomic mass is 10.0. The van der Waals surface area contributed by atoms with Crippen LogP contribution in [0, 0.1) is 11.6 Å². The second-order valence-corrected chi connectivity index (χ2v) is 6.75. The molecule has 2 aromatic carbocycles. The van der Waals surface area contributed by atoms with Crippen LogP contribution in [0.15, 0.2) is 47.5 Å². The van der Waals surface area contributed by atoms with Crippen LogP contribution in [0.25, 0.3) is 0 Å². The molecule has 150 valence electrons. The molecule has 0 heterocycles. The lowest BCUT2D eigenvalue weighted by Crippen LogP contribution is -2.03. The van der Waals surface area contributed by atoms with E-state index in [2.05, 4.69) is 4.99 Å². The first-order valence-electron chi connectivity index (χ1n) is 9.59. The number of aliphatic imine (C=N–C) groups is 1. The molecule has 0 unspecified atom stereocenters. The minimum absolute atomic E-state index is 0.200. The van der Waals surface area contributed by atoms with Crippen LogP contribution in [0.3, 0.4) is 0 Å². The van der Waals surface area contributed by atoms with E-state index in [1.807, 2.05) is 6.07 Å². The molecule has 2 aromatic rings. The normalized spacial score (nSPS) is 11.5. The second kappa shape index (κ2) is 11.3. The third kappa shape index (κ3) is 6.87. The molecule has 0 aromatic heterocycles. The van der Waals surface area contributed by atoms with Gasteiger partial charge in [-0.1, -0.05) is 18.6 Å². The van der Waals surface area contributed by atoms with Gasteiger partial charge >= 0.3 is 0 Å². The zero-order chi connectivity index (χ0) is 20.4. The number of nitrogens with zero attached hydrogens (tertiary/aromatic N) is 1. The molecule has 0 N–H and O–H groups in total. The fraction of sp³-hybridized carbons (Fsp3) is 0.391. The van der Waals surface area contributed by atoms with Crippen LogP contribution < -0.4 is 4.74 Å². The Morgan fingerprint density at radius 2 is 1.79 bits per heavy atom. The summed E-state index contributed by atoms with van der Waals surface area (Å²) in [7, 11) is 3.14. The van der Waals surface area contributed by atoms with E-state index in [1.54, 1.807) is 25.2 Å². The molecule has 5 heteroatoms. The number of aryl methyl sites for hydroxylation is 1. The number of hydrogen-bond acceptors (Lipinski definition) is 3. The van der Waals surface area contributed by atoms with Crippen molar-refractivity contribution in [2.24, 2.45) is 4.99 Å². The minimum Gasteiger partial charge on any atom is -0.494 e. The average Bonchev–Trinajstić information content (AvgIpc) is 2.69. The Hall–Kier alpha value is -2.56. The SMILES string of the molecule is CN=C(CCCCCC(=O)CCc1cccc(F)c1)c1ccc(OC)c(F)c1. The third-order valence-electron chi connectivity index (χ3n) is 4.71. The van der Waals surface area contributed by atoms with E-state index < -0.39 is 5.82 Å². The van der Waals surface area contributed by atoms with E-state index in [1.165, 1.54) is 25.3 Å². The number of halogens is 2. The van der Waals surface area contributed by atoms with Crippen molar-refractivity contribution >= 4 is 11.5 Å². The number of Topliss-reactive ketones (excluding diaryl/α,β-unsaturated/α-hetero) is 1. The number of rotatable bonds is 11. The summed E-state index contributed by atoms with van der Waals surface area (Å²) >= 11 is 0. The molecule has 0 aliphatic carbocycles. The number of hydrogen-bond donors (Lipinski definition) is 0. The maximum atomic E-state index is 13.9. The van der Waals surface area contributed by atoms with Gasteiger partial charge in [0.1, 0.15) is 11.6 Å². The van der Waals surface area contributed by atoms with Crippen LogP contribution in [0.2, 0.25) is 0 Å². The second-order valence-electron chi connectivity index (χ2n) is 6.75.